The Bertz CT molecular complexity index is 689. The Hall–Kier alpha value is -2.08. The molecule has 1 fully saturated rings. The van der Waals surface area contributed by atoms with Gasteiger partial charge in [-0.05, 0) is 32.4 Å². The lowest BCUT2D eigenvalue weighted by molar-refractivity contribution is 0.372. The zero-order valence-electron chi connectivity index (χ0n) is 15.8. The van der Waals surface area contributed by atoms with Crippen LogP contribution in [-0.2, 0) is 6.42 Å². The molecule has 5 nitrogen and oxygen atoms in total. The van der Waals surface area contributed by atoms with Gasteiger partial charge in [0, 0.05) is 62.5 Å². The van der Waals surface area contributed by atoms with E-state index >= 15 is 0 Å². The maximum atomic E-state index is 4.85. The molecule has 26 heavy (non-hydrogen) atoms. The van der Waals surface area contributed by atoms with Crippen molar-refractivity contribution in [2.24, 2.45) is 4.99 Å². The maximum Gasteiger partial charge on any atom is 0.194 e. The number of para-hydroxylation sites is 1. The van der Waals surface area contributed by atoms with E-state index in [9.17, 15) is 0 Å². The lowest BCUT2D eigenvalue weighted by atomic mass is 10.2. The van der Waals surface area contributed by atoms with E-state index in [2.05, 4.69) is 69.7 Å². The molecule has 1 aromatic heterocycles. The molecule has 6 heteroatoms. The summed E-state index contributed by atoms with van der Waals surface area (Å²) in [6, 6.07) is 10.7. The summed E-state index contributed by atoms with van der Waals surface area (Å²) < 4.78 is 0. The number of anilines is 1. The Labute approximate surface area is 160 Å². The zero-order chi connectivity index (χ0) is 18.2. The van der Waals surface area contributed by atoms with Crippen molar-refractivity contribution < 1.29 is 0 Å². The molecular weight excluding hydrogens is 342 g/mol. The van der Waals surface area contributed by atoms with Gasteiger partial charge in [0.15, 0.2) is 5.96 Å². The van der Waals surface area contributed by atoms with Crippen LogP contribution in [0.3, 0.4) is 0 Å². The Morgan fingerprint density at radius 1 is 1.19 bits per heavy atom. The van der Waals surface area contributed by atoms with E-state index in [1.807, 2.05) is 0 Å². The van der Waals surface area contributed by atoms with E-state index in [1.165, 1.54) is 10.7 Å². The Morgan fingerprint density at radius 2 is 1.96 bits per heavy atom. The number of guanidine groups is 1. The minimum Gasteiger partial charge on any atom is -0.368 e. The van der Waals surface area contributed by atoms with Crippen LogP contribution in [0, 0.1) is 6.92 Å². The molecule has 0 unspecified atom stereocenters. The molecule has 1 aliphatic rings. The number of hydrogen-bond acceptors (Lipinski definition) is 4. The monoisotopic (exact) mass is 371 g/mol. The third-order valence-electron chi connectivity index (χ3n) is 4.51. The van der Waals surface area contributed by atoms with Gasteiger partial charge in [-0.25, -0.2) is 4.98 Å². The highest BCUT2D eigenvalue weighted by Crippen LogP contribution is 2.15. The Kier molecular flexibility index (Phi) is 6.89. The fourth-order valence-electron chi connectivity index (χ4n) is 3.17. The van der Waals surface area contributed by atoms with Crippen LogP contribution in [0.5, 0.6) is 0 Å². The second-order valence-electron chi connectivity index (χ2n) is 6.53. The zero-order valence-corrected chi connectivity index (χ0v) is 16.6. The van der Waals surface area contributed by atoms with E-state index in [0.29, 0.717) is 0 Å². The largest absolute Gasteiger partial charge is 0.368 e. The first-order chi connectivity index (χ1) is 12.8. The predicted molar refractivity (Wildman–Crippen MR) is 111 cm³/mol. The highest BCUT2D eigenvalue weighted by atomic mass is 32.1. The molecule has 2 heterocycles. The van der Waals surface area contributed by atoms with Crippen molar-refractivity contribution in [2.75, 3.05) is 44.2 Å². The topological polar surface area (TPSA) is 43.8 Å². The number of aryl methyl sites for hydroxylation is 2. The lowest BCUT2D eigenvalue weighted by Gasteiger charge is -2.37. The molecule has 1 saturated heterocycles. The SMILES string of the molecule is CCNC(=NCCCc1nc(C)cs1)N1CCN(c2ccccc2)CC1. The number of piperazine rings is 1. The fourth-order valence-corrected chi connectivity index (χ4v) is 3.99. The molecule has 2 aromatic rings. The number of nitrogens with zero attached hydrogens (tertiary/aromatic N) is 4. The molecular formula is C20H29N5S. The number of nitrogens with one attached hydrogen (secondary N) is 1. The summed E-state index contributed by atoms with van der Waals surface area (Å²) in [5, 5.41) is 6.80. The van der Waals surface area contributed by atoms with Gasteiger partial charge in [0.1, 0.15) is 0 Å². The molecule has 3 rings (SSSR count). The summed E-state index contributed by atoms with van der Waals surface area (Å²) in [6.45, 7) is 10.0. The quantitative estimate of drug-likeness (QED) is 0.481. The standard InChI is InChI=1S/C20H29N5S/c1-3-21-20(22-11-7-10-19-23-17(2)16-26-19)25-14-12-24(13-15-25)18-8-5-4-6-9-18/h4-6,8-9,16H,3,7,10-15H2,1-2H3,(H,21,22). The summed E-state index contributed by atoms with van der Waals surface area (Å²) >= 11 is 1.75. The molecule has 0 radical (unpaired) electrons. The number of thiazole rings is 1. The second-order valence-corrected chi connectivity index (χ2v) is 7.47. The van der Waals surface area contributed by atoms with Gasteiger partial charge in [-0.2, -0.15) is 0 Å². The summed E-state index contributed by atoms with van der Waals surface area (Å²) in [6.07, 6.45) is 2.06. The highest BCUT2D eigenvalue weighted by molar-refractivity contribution is 7.09. The van der Waals surface area contributed by atoms with E-state index in [0.717, 1.165) is 63.8 Å². The smallest absolute Gasteiger partial charge is 0.194 e. The normalized spacial score (nSPS) is 15.4. The first-order valence-corrected chi connectivity index (χ1v) is 10.4. The third kappa shape index (κ3) is 5.21. The molecule has 0 saturated carbocycles. The van der Waals surface area contributed by atoms with Gasteiger partial charge in [-0.15, -0.1) is 11.3 Å². The first-order valence-electron chi connectivity index (χ1n) is 9.50. The molecule has 0 atom stereocenters. The number of rotatable bonds is 6. The Balaban J connectivity index is 1.49. The number of aromatic nitrogens is 1. The van der Waals surface area contributed by atoms with Crippen molar-refractivity contribution in [1.29, 1.82) is 0 Å². The molecule has 1 aromatic carbocycles. The summed E-state index contributed by atoms with van der Waals surface area (Å²) in [4.78, 5) is 14.2. The van der Waals surface area contributed by atoms with Crippen molar-refractivity contribution in [3.63, 3.8) is 0 Å². The van der Waals surface area contributed by atoms with E-state index in [-0.39, 0.29) is 0 Å². The minimum absolute atomic E-state index is 0.847. The number of hydrogen-bond donors (Lipinski definition) is 1. The first kappa shape index (κ1) is 18.7. The van der Waals surface area contributed by atoms with Crippen molar-refractivity contribution in [2.45, 2.75) is 26.7 Å². The van der Waals surface area contributed by atoms with Gasteiger partial charge >= 0.3 is 0 Å². The van der Waals surface area contributed by atoms with Gasteiger partial charge < -0.3 is 15.1 Å². The van der Waals surface area contributed by atoms with Crippen molar-refractivity contribution in [3.8, 4) is 0 Å². The lowest BCUT2D eigenvalue weighted by Crippen LogP contribution is -2.52. The summed E-state index contributed by atoms with van der Waals surface area (Å²) in [5.74, 6) is 1.05. The van der Waals surface area contributed by atoms with Gasteiger partial charge in [-0.1, -0.05) is 18.2 Å². The van der Waals surface area contributed by atoms with Crippen LogP contribution in [0.4, 0.5) is 5.69 Å². The van der Waals surface area contributed by atoms with Gasteiger partial charge in [0.25, 0.3) is 0 Å². The average molecular weight is 372 g/mol. The molecule has 0 bridgehead atoms. The molecule has 1 aliphatic heterocycles. The molecule has 140 valence electrons. The number of aliphatic imine (C=N–C) groups is 1. The van der Waals surface area contributed by atoms with Crippen LogP contribution in [0.2, 0.25) is 0 Å². The van der Waals surface area contributed by atoms with Gasteiger partial charge in [0.2, 0.25) is 0 Å². The third-order valence-corrected chi connectivity index (χ3v) is 5.54. The van der Waals surface area contributed by atoms with E-state index in [4.69, 9.17) is 4.99 Å². The average Bonchev–Trinajstić information content (AvgIpc) is 3.10. The van der Waals surface area contributed by atoms with Crippen LogP contribution in [-0.4, -0.2) is 55.1 Å². The van der Waals surface area contributed by atoms with E-state index in [1.54, 1.807) is 11.3 Å². The molecule has 1 N–H and O–H groups in total. The summed E-state index contributed by atoms with van der Waals surface area (Å²) in [5.41, 5.74) is 2.44. The molecule has 0 aliphatic carbocycles. The van der Waals surface area contributed by atoms with Crippen molar-refractivity contribution in [1.82, 2.24) is 15.2 Å². The van der Waals surface area contributed by atoms with Crippen LogP contribution in [0.15, 0.2) is 40.7 Å². The van der Waals surface area contributed by atoms with Gasteiger partial charge in [0.05, 0.1) is 5.01 Å². The van der Waals surface area contributed by atoms with E-state index < -0.39 is 0 Å². The molecule has 0 spiro atoms. The maximum absolute atomic E-state index is 4.85. The summed E-state index contributed by atoms with van der Waals surface area (Å²) in [7, 11) is 0. The number of benzene rings is 1. The van der Waals surface area contributed by atoms with Crippen molar-refractivity contribution >= 4 is 23.0 Å². The second kappa shape index (κ2) is 9.57. The van der Waals surface area contributed by atoms with Crippen LogP contribution < -0.4 is 10.2 Å². The van der Waals surface area contributed by atoms with Gasteiger partial charge in [-0.3, -0.25) is 4.99 Å². The predicted octanol–water partition coefficient (Wildman–Crippen LogP) is 3.17. The fraction of sp³-hybridized carbons (Fsp3) is 0.500. The Morgan fingerprint density at radius 3 is 2.62 bits per heavy atom. The minimum atomic E-state index is 0.847. The molecule has 0 amide bonds. The highest BCUT2D eigenvalue weighted by Gasteiger charge is 2.19. The van der Waals surface area contributed by atoms with Crippen molar-refractivity contribution in [3.05, 3.63) is 46.4 Å². The van der Waals surface area contributed by atoms with Crippen LogP contribution in [0.25, 0.3) is 0 Å². The van der Waals surface area contributed by atoms with Crippen LogP contribution >= 0.6 is 11.3 Å². The van der Waals surface area contributed by atoms with Crippen LogP contribution in [0.1, 0.15) is 24.0 Å².